The van der Waals surface area contributed by atoms with Crippen LogP contribution in [-0.2, 0) is 0 Å². The van der Waals surface area contributed by atoms with Crippen molar-refractivity contribution in [2.24, 2.45) is 0 Å². The molecule has 1 rings (SSSR count). The zero-order valence-electron chi connectivity index (χ0n) is 8.21. The Morgan fingerprint density at radius 2 is 1.81 bits per heavy atom. The Morgan fingerprint density at radius 1 is 1.25 bits per heavy atom. The lowest BCUT2D eigenvalue weighted by Gasteiger charge is -2.08. The normalized spacial score (nSPS) is 14.9. The third-order valence-corrected chi connectivity index (χ3v) is 1.98. The summed E-state index contributed by atoms with van der Waals surface area (Å²) in [6.45, 7) is 0. The maximum absolute atomic E-state index is 12.4. The highest BCUT2D eigenvalue weighted by Gasteiger charge is 2.34. The molecule has 1 N–H and O–H groups in total. The molecule has 5 heteroatoms. The summed E-state index contributed by atoms with van der Waals surface area (Å²) in [6, 6.07) is 8.11. The molecule has 0 fully saturated rings. The molecule has 0 aliphatic heterocycles. The lowest BCUT2D eigenvalue weighted by molar-refractivity contribution is -0.109. The first-order valence-corrected chi connectivity index (χ1v) is 4.57. The second-order valence-electron chi connectivity index (χ2n) is 3.21. The number of hydrogen-bond donors (Lipinski definition) is 1. The van der Waals surface area contributed by atoms with Crippen molar-refractivity contribution in [2.75, 3.05) is 0 Å². The van der Waals surface area contributed by atoms with Crippen LogP contribution in [-0.4, -0.2) is 11.3 Å². The Bertz CT molecular complexity index is 356. The second-order valence-corrected chi connectivity index (χ2v) is 3.21. The Balaban J connectivity index is 2.63. The fraction of sp³-hybridized carbons (Fsp3) is 0.273. The van der Waals surface area contributed by atoms with E-state index in [1.54, 1.807) is 30.3 Å². The Kier molecular flexibility index (Phi) is 4.06. The summed E-state index contributed by atoms with van der Waals surface area (Å²) in [5.74, 6) is -2.18. The molecule has 1 atom stereocenters. The van der Waals surface area contributed by atoms with Crippen LogP contribution < -0.4 is 0 Å². The number of hydrogen-bond acceptors (Lipinski definition) is 1. The van der Waals surface area contributed by atoms with Crippen LogP contribution in [0.4, 0.5) is 17.6 Å². The molecule has 0 bridgehead atoms. The molecular formula is C11H10F4O. The van der Waals surface area contributed by atoms with Gasteiger partial charge in [0.25, 0.3) is 0 Å². The van der Waals surface area contributed by atoms with Crippen molar-refractivity contribution in [1.82, 2.24) is 0 Å². The van der Waals surface area contributed by atoms with Gasteiger partial charge in [0.1, 0.15) is 0 Å². The van der Waals surface area contributed by atoms with Crippen molar-refractivity contribution < 1.29 is 22.7 Å². The maximum atomic E-state index is 12.4. The van der Waals surface area contributed by atoms with Crippen molar-refractivity contribution in [2.45, 2.75) is 18.7 Å². The Labute approximate surface area is 90.0 Å². The summed E-state index contributed by atoms with van der Waals surface area (Å²) in [5, 5.41) is 9.46. The maximum Gasteiger partial charge on any atom is 0.442 e. The third kappa shape index (κ3) is 3.66. The van der Waals surface area contributed by atoms with Gasteiger partial charge in [-0.25, -0.2) is 4.39 Å². The summed E-state index contributed by atoms with van der Waals surface area (Å²) in [5.41, 5.74) is 0.453. The summed E-state index contributed by atoms with van der Waals surface area (Å²) >= 11 is 0. The lowest BCUT2D eigenvalue weighted by atomic mass is 10.1. The SMILES string of the molecule is O[C@H](C/C=C(\F)C(F)(F)F)c1ccccc1. The van der Waals surface area contributed by atoms with E-state index in [1.165, 1.54) is 0 Å². The molecule has 0 spiro atoms. The van der Waals surface area contributed by atoms with E-state index >= 15 is 0 Å². The number of benzene rings is 1. The molecule has 0 amide bonds. The first-order valence-electron chi connectivity index (χ1n) is 4.57. The third-order valence-electron chi connectivity index (χ3n) is 1.98. The van der Waals surface area contributed by atoms with E-state index in [0.717, 1.165) is 0 Å². The van der Waals surface area contributed by atoms with Crippen LogP contribution in [0.15, 0.2) is 42.2 Å². The van der Waals surface area contributed by atoms with E-state index in [-0.39, 0.29) is 0 Å². The first kappa shape index (κ1) is 12.7. The van der Waals surface area contributed by atoms with Gasteiger partial charge in [0.2, 0.25) is 0 Å². The minimum absolute atomic E-state index is 0.345. The monoisotopic (exact) mass is 234 g/mol. The number of allylic oxidation sites excluding steroid dienone is 1. The van der Waals surface area contributed by atoms with E-state index in [0.29, 0.717) is 11.6 Å². The van der Waals surface area contributed by atoms with Gasteiger partial charge in [-0.3, -0.25) is 0 Å². The fourth-order valence-electron chi connectivity index (χ4n) is 1.14. The average Bonchev–Trinajstić information content (AvgIpc) is 2.25. The van der Waals surface area contributed by atoms with Crippen LogP contribution in [0.3, 0.4) is 0 Å². The van der Waals surface area contributed by atoms with Crippen molar-refractivity contribution in [3.63, 3.8) is 0 Å². The number of rotatable bonds is 3. The van der Waals surface area contributed by atoms with E-state index in [2.05, 4.69) is 0 Å². The zero-order valence-corrected chi connectivity index (χ0v) is 8.21. The quantitative estimate of drug-likeness (QED) is 0.793. The van der Waals surface area contributed by atoms with Gasteiger partial charge in [-0.15, -0.1) is 0 Å². The standard InChI is InChI=1S/C11H10F4O/c12-10(11(13,14)15)7-6-9(16)8-4-2-1-3-5-8/h1-5,7,9,16H,6H2/b10-7-/t9-/m1/s1. The number of halogens is 4. The summed E-state index contributed by atoms with van der Waals surface area (Å²) in [4.78, 5) is 0. The molecule has 1 aromatic rings. The molecule has 88 valence electrons. The van der Waals surface area contributed by atoms with Gasteiger partial charge < -0.3 is 5.11 Å². The highest BCUT2D eigenvalue weighted by molar-refractivity contribution is 5.18. The van der Waals surface area contributed by atoms with Crippen molar-refractivity contribution >= 4 is 0 Å². The molecule has 0 unspecified atom stereocenters. The topological polar surface area (TPSA) is 20.2 Å². The van der Waals surface area contributed by atoms with Crippen molar-refractivity contribution in [1.29, 1.82) is 0 Å². The molecule has 0 saturated carbocycles. The molecule has 0 aromatic heterocycles. The molecule has 0 aliphatic rings. The predicted molar refractivity (Wildman–Crippen MR) is 51.3 cm³/mol. The first-order chi connectivity index (χ1) is 7.41. The van der Waals surface area contributed by atoms with E-state index < -0.39 is 24.5 Å². The van der Waals surface area contributed by atoms with Gasteiger partial charge in [-0.1, -0.05) is 30.3 Å². The van der Waals surface area contributed by atoms with Gasteiger partial charge in [-0.2, -0.15) is 13.2 Å². The molecule has 0 saturated heterocycles. The average molecular weight is 234 g/mol. The minimum atomic E-state index is -4.98. The summed E-state index contributed by atoms with van der Waals surface area (Å²) in [7, 11) is 0. The second kappa shape index (κ2) is 5.12. The predicted octanol–water partition coefficient (Wildman–Crippen LogP) is 3.53. The van der Waals surface area contributed by atoms with Gasteiger partial charge in [-0.05, 0) is 18.1 Å². The van der Waals surface area contributed by atoms with Crippen LogP contribution in [0, 0.1) is 0 Å². The van der Waals surface area contributed by atoms with Gasteiger partial charge in [0.05, 0.1) is 6.10 Å². The number of aliphatic hydroxyl groups is 1. The van der Waals surface area contributed by atoms with Crippen LogP contribution >= 0.6 is 0 Å². The van der Waals surface area contributed by atoms with E-state index in [9.17, 15) is 22.7 Å². The largest absolute Gasteiger partial charge is 0.442 e. The molecule has 16 heavy (non-hydrogen) atoms. The Hall–Kier alpha value is -1.36. The van der Waals surface area contributed by atoms with Crippen LogP contribution in [0.25, 0.3) is 0 Å². The van der Waals surface area contributed by atoms with Gasteiger partial charge in [0.15, 0.2) is 5.83 Å². The van der Waals surface area contributed by atoms with Crippen LogP contribution in [0.5, 0.6) is 0 Å². The molecule has 0 radical (unpaired) electrons. The number of alkyl halides is 3. The van der Waals surface area contributed by atoms with Crippen LogP contribution in [0.1, 0.15) is 18.1 Å². The number of aliphatic hydroxyl groups excluding tert-OH is 1. The Morgan fingerprint density at radius 3 is 2.31 bits per heavy atom. The van der Waals surface area contributed by atoms with E-state index in [4.69, 9.17) is 0 Å². The van der Waals surface area contributed by atoms with Crippen LogP contribution in [0.2, 0.25) is 0 Å². The highest BCUT2D eigenvalue weighted by Crippen LogP contribution is 2.28. The molecular weight excluding hydrogens is 224 g/mol. The summed E-state index contributed by atoms with van der Waals surface area (Å²) < 4.78 is 47.7. The lowest BCUT2D eigenvalue weighted by Crippen LogP contribution is -2.08. The van der Waals surface area contributed by atoms with Crippen molar-refractivity contribution in [3.8, 4) is 0 Å². The zero-order chi connectivity index (χ0) is 12.2. The smallest absolute Gasteiger partial charge is 0.388 e. The highest BCUT2D eigenvalue weighted by atomic mass is 19.4. The van der Waals surface area contributed by atoms with Gasteiger partial charge >= 0.3 is 6.18 Å². The minimum Gasteiger partial charge on any atom is -0.388 e. The molecule has 1 aromatic carbocycles. The molecule has 0 aliphatic carbocycles. The molecule has 0 heterocycles. The van der Waals surface area contributed by atoms with E-state index in [1.807, 2.05) is 0 Å². The molecule has 1 nitrogen and oxygen atoms in total. The fourth-order valence-corrected chi connectivity index (χ4v) is 1.14. The van der Waals surface area contributed by atoms with Crippen molar-refractivity contribution in [3.05, 3.63) is 47.8 Å². The summed E-state index contributed by atoms with van der Waals surface area (Å²) in [6.07, 6.45) is -6.17. The van der Waals surface area contributed by atoms with Gasteiger partial charge in [0, 0.05) is 0 Å².